The summed E-state index contributed by atoms with van der Waals surface area (Å²) in [4.78, 5) is 0. The molecule has 20 heavy (non-hydrogen) atoms. The third-order valence-corrected chi connectivity index (χ3v) is 4.11. The molecule has 0 saturated carbocycles. The van der Waals surface area contributed by atoms with Crippen LogP contribution in [-0.2, 0) is 17.8 Å². The maximum absolute atomic E-state index is 6.42. The number of halogens is 1. The van der Waals surface area contributed by atoms with E-state index in [1.807, 2.05) is 11.6 Å². The van der Waals surface area contributed by atoms with Crippen molar-refractivity contribution in [1.29, 1.82) is 0 Å². The summed E-state index contributed by atoms with van der Waals surface area (Å²) in [6.07, 6.45) is 3.94. The van der Waals surface area contributed by atoms with E-state index >= 15 is 0 Å². The summed E-state index contributed by atoms with van der Waals surface area (Å²) in [6.45, 7) is 9.93. The number of aryl methyl sites for hydroxylation is 1. The van der Waals surface area contributed by atoms with Gasteiger partial charge in [-0.25, -0.2) is 0 Å². The second-order valence-corrected chi connectivity index (χ2v) is 6.39. The van der Waals surface area contributed by atoms with E-state index in [4.69, 9.17) is 16.3 Å². The van der Waals surface area contributed by atoms with Gasteiger partial charge in [-0.05, 0) is 38.6 Å². The second kappa shape index (κ2) is 7.43. The quantitative estimate of drug-likeness (QED) is 0.786. The van der Waals surface area contributed by atoms with Crippen molar-refractivity contribution in [2.45, 2.75) is 59.2 Å². The first-order chi connectivity index (χ1) is 9.58. The fourth-order valence-corrected chi connectivity index (χ4v) is 2.92. The van der Waals surface area contributed by atoms with E-state index in [9.17, 15) is 0 Å². The maximum atomic E-state index is 6.42. The summed E-state index contributed by atoms with van der Waals surface area (Å²) >= 11 is 6.42. The van der Waals surface area contributed by atoms with Gasteiger partial charge in [0.05, 0.1) is 11.8 Å². The Bertz CT molecular complexity index is 425. The normalized spacial score (nSPS) is 19.1. The topological polar surface area (TPSA) is 39.1 Å². The van der Waals surface area contributed by atoms with Crippen molar-refractivity contribution in [3.8, 4) is 0 Å². The molecule has 4 nitrogen and oxygen atoms in total. The number of hydrogen-bond donors (Lipinski definition) is 1. The lowest BCUT2D eigenvalue weighted by Gasteiger charge is -2.10. The molecule has 0 aliphatic carbocycles. The molecule has 1 aliphatic heterocycles. The molecule has 0 amide bonds. The van der Waals surface area contributed by atoms with Gasteiger partial charge in [-0.3, -0.25) is 4.68 Å². The second-order valence-electron chi connectivity index (χ2n) is 6.03. The van der Waals surface area contributed by atoms with Gasteiger partial charge in [0.15, 0.2) is 0 Å². The zero-order chi connectivity index (χ0) is 14.5. The van der Waals surface area contributed by atoms with Gasteiger partial charge in [0.1, 0.15) is 5.15 Å². The Balaban J connectivity index is 1.81. The van der Waals surface area contributed by atoms with E-state index in [1.165, 1.54) is 12.8 Å². The standard InChI is InChI=1S/C15H26ClN3O/c1-11(2)10-19-15(16)14(12(3)18-19)9-17-7-6-13-5-4-8-20-13/h11,13,17H,4-10H2,1-3H3. The first-order valence-corrected chi connectivity index (χ1v) is 7.99. The highest BCUT2D eigenvalue weighted by molar-refractivity contribution is 6.30. The number of nitrogens with one attached hydrogen (secondary N) is 1. The minimum absolute atomic E-state index is 0.447. The van der Waals surface area contributed by atoms with Crippen LogP contribution in [0.5, 0.6) is 0 Å². The Hall–Kier alpha value is -0.580. The summed E-state index contributed by atoms with van der Waals surface area (Å²) in [5.74, 6) is 0.548. The van der Waals surface area contributed by atoms with Crippen molar-refractivity contribution in [2.24, 2.45) is 5.92 Å². The number of nitrogens with zero attached hydrogens (tertiary/aromatic N) is 2. The Morgan fingerprint density at radius 1 is 1.50 bits per heavy atom. The smallest absolute Gasteiger partial charge is 0.131 e. The van der Waals surface area contributed by atoms with E-state index in [-0.39, 0.29) is 0 Å². The third-order valence-electron chi connectivity index (χ3n) is 3.69. The molecule has 1 fully saturated rings. The van der Waals surface area contributed by atoms with Crippen LogP contribution in [0.2, 0.25) is 5.15 Å². The Kier molecular flexibility index (Phi) is 5.87. The molecule has 5 heteroatoms. The molecule has 2 rings (SSSR count). The maximum Gasteiger partial charge on any atom is 0.131 e. The summed E-state index contributed by atoms with van der Waals surface area (Å²) < 4.78 is 7.53. The molecule has 1 atom stereocenters. The molecule has 0 bridgehead atoms. The predicted molar refractivity (Wildman–Crippen MR) is 82.1 cm³/mol. The average Bonchev–Trinajstić information content (AvgIpc) is 2.97. The van der Waals surface area contributed by atoms with Crippen LogP contribution in [0.4, 0.5) is 0 Å². The molecular weight excluding hydrogens is 274 g/mol. The van der Waals surface area contributed by atoms with Gasteiger partial charge in [0.25, 0.3) is 0 Å². The number of rotatable bonds is 7. The molecule has 0 radical (unpaired) electrons. The minimum Gasteiger partial charge on any atom is -0.378 e. The van der Waals surface area contributed by atoms with Gasteiger partial charge >= 0.3 is 0 Å². The minimum atomic E-state index is 0.447. The molecule has 114 valence electrons. The molecule has 0 spiro atoms. The number of ether oxygens (including phenoxy) is 1. The highest BCUT2D eigenvalue weighted by Gasteiger charge is 2.16. The van der Waals surface area contributed by atoms with Crippen LogP contribution in [0.25, 0.3) is 0 Å². The molecular formula is C15H26ClN3O. The van der Waals surface area contributed by atoms with Crippen molar-refractivity contribution in [3.63, 3.8) is 0 Å². The molecule has 1 N–H and O–H groups in total. The first-order valence-electron chi connectivity index (χ1n) is 7.62. The first kappa shape index (κ1) is 15.8. The number of aromatic nitrogens is 2. The fourth-order valence-electron chi connectivity index (χ4n) is 2.61. The van der Waals surface area contributed by atoms with E-state index in [2.05, 4.69) is 24.3 Å². The predicted octanol–water partition coefficient (Wildman–Crippen LogP) is 3.16. The van der Waals surface area contributed by atoms with Crippen LogP contribution in [0.3, 0.4) is 0 Å². The zero-order valence-corrected chi connectivity index (χ0v) is 13.5. The monoisotopic (exact) mass is 299 g/mol. The summed E-state index contributed by atoms with van der Waals surface area (Å²) in [5, 5.41) is 8.76. The van der Waals surface area contributed by atoms with Gasteiger partial charge in [0, 0.05) is 25.3 Å². The highest BCUT2D eigenvalue weighted by atomic mass is 35.5. The van der Waals surface area contributed by atoms with Gasteiger partial charge in [-0.15, -0.1) is 0 Å². The van der Waals surface area contributed by atoms with Crippen molar-refractivity contribution < 1.29 is 4.74 Å². The molecule has 0 aromatic carbocycles. The van der Waals surface area contributed by atoms with E-state index < -0.39 is 0 Å². The molecule has 1 aromatic rings. The van der Waals surface area contributed by atoms with Crippen LogP contribution in [0, 0.1) is 12.8 Å². The average molecular weight is 300 g/mol. The Labute approximate surface area is 126 Å². The van der Waals surface area contributed by atoms with Gasteiger partial charge in [-0.2, -0.15) is 5.10 Å². The lowest BCUT2D eigenvalue weighted by Crippen LogP contribution is -2.20. The zero-order valence-electron chi connectivity index (χ0n) is 12.8. The number of hydrogen-bond acceptors (Lipinski definition) is 3. The van der Waals surface area contributed by atoms with Gasteiger partial charge in [-0.1, -0.05) is 25.4 Å². The molecule has 1 saturated heterocycles. The van der Waals surface area contributed by atoms with E-state index in [1.54, 1.807) is 0 Å². The van der Waals surface area contributed by atoms with Crippen molar-refractivity contribution >= 4 is 11.6 Å². The van der Waals surface area contributed by atoms with Gasteiger partial charge < -0.3 is 10.1 Å². The molecule has 1 unspecified atom stereocenters. The summed E-state index contributed by atoms with van der Waals surface area (Å²) in [5.41, 5.74) is 2.15. The largest absolute Gasteiger partial charge is 0.378 e. The molecule has 2 heterocycles. The van der Waals surface area contributed by atoms with Crippen LogP contribution < -0.4 is 5.32 Å². The fraction of sp³-hybridized carbons (Fsp3) is 0.800. The van der Waals surface area contributed by atoms with E-state index in [0.717, 1.165) is 49.1 Å². The summed E-state index contributed by atoms with van der Waals surface area (Å²) in [7, 11) is 0. The van der Waals surface area contributed by atoms with Crippen LogP contribution in [0.1, 0.15) is 44.4 Å². The Morgan fingerprint density at radius 2 is 2.30 bits per heavy atom. The van der Waals surface area contributed by atoms with Crippen molar-refractivity contribution in [1.82, 2.24) is 15.1 Å². The highest BCUT2D eigenvalue weighted by Crippen LogP contribution is 2.21. The molecule has 1 aliphatic rings. The van der Waals surface area contributed by atoms with Gasteiger partial charge in [0.2, 0.25) is 0 Å². The van der Waals surface area contributed by atoms with Crippen LogP contribution >= 0.6 is 11.6 Å². The third kappa shape index (κ3) is 4.21. The summed E-state index contributed by atoms with van der Waals surface area (Å²) in [6, 6.07) is 0. The van der Waals surface area contributed by atoms with Crippen LogP contribution in [0.15, 0.2) is 0 Å². The molecule has 1 aromatic heterocycles. The lowest BCUT2D eigenvalue weighted by atomic mass is 10.2. The lowest BCUT2D eigenvalue weighted by molar-refractivity contribution is 0.104. The Morgan fingerprint density at radius 3 is 2.95 bits per heavy atom. The van der Waals surface area contributed by atoms with Crippen molar-refractivity contribution in [3.05, 3.63) is 16.4 Å². The van der Waals surface area contributed by atoms with Crippen LogP contribution in [-0.4, -0.2) is 29.0 Å². The van der Waals surface area contributed by atoms with E-state index in [0.29, 0.717) is 12.0 Å². The van der Waals surface area contributed by atoms with Crippen molar-refractivity contribution in [2.75, 3.05) is 13.2 Å². The SMILES string of the molecule is Cc1nn(CC(C)C)c(Cl)c1CNCCC1CCCO1.